The number of aryl methyl sites for hydroxylation is 2. The Bertz CT molecular complexity index is 950. The summed E-state index contributed by atoms with van der Waals surface area (Å²) in [5.41, 5.74) is 9.63. The van der Waals surface area contributed by atoms with Crippen molar-refractivity contribution in [3.63, 3.8) is 0 Å². The third-order valence-corrected chi connectivity index (χ3v) is 5.68. The molecule has 0 spiro atoms. The van der Waals surface area contributed by atoms with Crippen LogP contribution in [0.15, 0.2) is 24.3 Å². The first kappa shape index (κ1) is 18.1. The van der Waals surface area contributed by atoms with E-state index in [1.165, 1.54) is 11.3 Å². The summed E-state index contributed by atoms with van der Waals surface area (Å²) in [5.74, 6) is 0.807. The minimum Gasteiger partial charge on any atom is -0.497 e. The van der Waals surface area contributed by atoms with Gasteiger partial charge in [0.2, 0.25) is 0 Å². The van der Waals surface area contributed by atoms with E-state index in [1.54, 1.807) is 7.11 Å². The largest absolute Gasteiger partial charge is 0.497 e. The lowest BCUT2D eigenvalue weighted by atomic mass is 10.0. The van der Waals surface area contributed by atoms with Gasteiger partial charge in [0, 0.05) is 11.9 Å². The average Bonchev–Trinajstić information content (AvgIpc) is 3.00. The maximum absolute atomic E-state index is 12.6. The molecule has 2 heterocycles. The van der Waals surface area contributed by atoms with E-state index < -0.39 is 0 Å². The van der Waals surface area contributed by atoms with E-state index in [0.717, 1.165) is 28.0 Å². The first-order valence-corrected chi connectivity index (χ1v) is 9.18. The number of thiophene rings is 1. The van der Waals surface area contributed by atoms with Crippen molar-refractivity contribution >= 4 is 33.1 Å². The lowest BCUT2D eigenvalue weighted by Gasteiger charge is -2.13. The normalized spacial score (nSPS) is 12.2. The topological polar surface area (TPSA) is 90.1 Å². The van der Waals surface area contributed by atoms with Crippen LogP contribution >= 0.6 is 11.3 Å². The number of aromatic nitrogens is 2. The monoisotopic (exact) mass is 370 g/mol. The minimum atomic E-state index is -0.178. The third-order valence-electron chi connectivity index (χ3n) is 4.59. The zero-order chi connectivity index (χ0) is 18.8. The number of hydrogen-bond donors (Lipinski definition) is 2. The summed E-state index contributed by atoms with van der Waals surface area (Å²) in [4.78, 5) is 13.8. The Morgan fingerprint density at radius 1 is 1.27 bits per heavy atom. The van der Waals surface area contributed by atoms with Crippen molar-refractivity contribution in [3.05, 3.63) is 46.0 Å². The molecule has 0 aliphatic carbocycles. The lowest BCUT2D eigenvalue weighted by Crippen LogP contribution is -2.27. The molecule has 0 bridgehead atoms. The fraction of sp³-hybridized carbons (Fsp3) is 0.316. The van der Waals surface area contributed by atoms with Crippen molar-refractivity contribution in [1.29, 1.82) is 0 Å². The molecule has 0 saturated heterocycles. The van der Waals surface area contributed by atoms with Crippen LogP contribution in [-0.4, -0.2) is 29.8 Å². The van der Waals surface area contributed by atoms with Gasteiger partial charge in [0.05, 0.1) is 18.5 Å². The molecular formula is C19H22N4O2S. The van der Waals surface area contributed by atoms with Crippen LogP contribution in [0.5, 0.6) is 5.75 Å². The van der Waals surface area contributed by atoms with E-state index in [2.05, 4.69) is 22.4 Å². The van der Waals surface area contributed by atoms with Crippen LogP contribution < -0.4 is 15.8 Å². The van der Waals surface area contributed by atoms with Gasteiger partial charge in [0.15, 0.2) is 0 Å². The molecule has 3 N–H and O–H groups in total. The Kier molecular flexibility index (Phi) is 5.08. The van der Waals surface area contributed by atoms with Gasteiger partial charge in [-0.25, -0.2) is 0 Å². The van der Waals surface area contributed by atoms with Gasteiger partial charge in [-0.3, -0.25) is 4.79 Å². The average molecular weight is 370 g/mol. The molecule has 1 atom stereocenters. The molecular weight excluding hydrogens is 348 g/mol. The minimum absolute atomic E-state index is 0.171. The quantitative estimate of drug-likeness (QED) is 0.718. The van der Waals surface area contributed by atoms with E-state index in [0.29, 0.717) is 21.9 Å². The Labute approximate surface area is 156 Å². The number of rotatable bonds is 5. The highest BCUT2D eigenvalue weighted by Crippen LogP contribution is 2.34. The Hall–Kier alpha value is -2.67. The summed E-state index contributed by atoms with van der Waals surface area (Å²) in [6.45, 7) is 6.41. The molecule has 136 valence electrons. The van der Waals surface area contributed by atoms with Gasteiger partial charge in [0.25, 0.3) is 5.91 Å². The standard InChI is InChI=1S/C19H22N4O2S/c1-10(13-5-7-14(25-4)8-6-13)9-21-18(24)17-16(20)15-11(2)12(3)22-23-19(15)26-17/h5-8,10H,9,20H2,1-4H3,(H,21,24). The van der Waals surface area contributed by atoms with Crippen LogP contribution in [-0.2, 0) is 0 Å². The zero-order valence-corrected chi connectivity index (χ0v) is 16.1. The number of nitrogens with zero attached hydrogens (tertiary/aromatic N) is 2. The van der Waals surface area contributed by atoms with Crippen molar-refractivity contribution in [3.8, 4) is 5.75 Å². The first-order valence-electron chi connectivity index (χ1n) is 8.36. The molecule has 2 aromatic heterocycles. The predicted molar refractivity (Wildman–Crippen MR) is 105 cm³/mol. The number of nitrogens with one attached hydrogen (secondary N) is 1. The van der Waals surface area contributed by atoms with Crippen LogP contribution in [0.3, 0.4) is 0 Å². The number of nitrogen functional groups attached to an aromatic ring is 1. The number of nitrogens with two attached hydrogens (primary N) is 1. The maximum Gasteiger partial charge on any atom is 0.263 e. The van der Waals surface area contributed by atoms with Gasteiger partial charge in [0.1, 0.15) is 15.5 Å². The SMILES string of the molecule is COc1ccc(C(C)CNC(=O)c2sc3nnc(C)c(C)c3c2N)cc1. The molecule has 26 heavy (non-hydrogen) atoms. The summed E-state index contributed by atoms with van der Waals surface area (Å²) in [6.07, 6.45) is 0. The predicted octanol–water partition coefficient (Wildman–Crippen LogP) is 3.43. The second kappa shape index (κ2) is 7.29. The molecule has 1 unspecified atom stereocenters. The molecule has 0 fully saturated rings. The number of hydrogen-bond acceptors (Lipinski definition) is 6. The van der Waals surface area contributed by atoms with Crippen LogP contribution in [0, 0.1) is 13.8 Å². The van der Waals surface area contributed by atoms with Crippen LogP contribution in [0.25, 0.3) is 10.2 Å². The number of carbonyl (C=O) groups is 1. The summed E-state index contributed by atoms with van der Waals surface area (Å²) in [7, 11) is 1.64. The Morgan fingerprint density at radius 2 is 1.96 bits per heavy atom. The molecule has 0 saturated carbocycles. The highest BCUT2D eigenvalue weighted by Gasteiger charge is 2.20. The van der Waals surface area contributed by atoms with Crippen LogP contribution in [0.1, 0.15) is 39.3 Å². The van der Waals surface area contributed by atoms with Crippen molar-refractivity contribution in [2.75, 3.05) is 19.4 Å². The number of benzene rings is 1. The molecule has 6 nitrogen and oxygen atoms in total. The fourth-order valence-electron chi connectivity index (χ4n) is 2.79. The highest BCUT2D eigenvalue weighted by molar-refractivity contribution is 7.21. The first-order chi connectivity index (χ1) is 12.4. The summed E-state index contributed by atoms with van der Waals surface area (Å²) in [5, 5.41) is 12.1. The third kappa shape index (κ3) is 3.35. The summed E-state index contributed by atoms with van der Waals surface area (Å²) in [6, 6.07) is 7.85. The zero-order valence-electron chi connectivity index (χ0n) is 15.3. The van der Waals surface area contributed by atoms with Gasteiger partial charge in [-0.2, -0.15) is 5.10 Å². The van der Waals surface area contributed by atoms with Crippen LogP contribution in [0.2, 0.25) is 0 Å². The molecule has 3 rings (SSSR count). The number of amides is 1. The molecule has 1 aromatic carbocycles. The van der Waals surface area contributed by atoms with Crippen LogP contribution in [0.4, 0.5) is 5.69 Å². The number of fused-ring (bicyclic) bond motifs is 1. The molecule has 0 aliphatic heterocycles. The van der Waals surface area contributed by atoms with Gasteiger partial charge in [-0.05, 0) is 43.0 Å². The summed E-state index contributed by atoms with van der Waals surface area (Å²) < 4.78 is 5.17. The van der Waals surface area contributed by atoms with E-state index in [4.69, 9.17) is 10.5 Å². The van der Waals surface area contributed by atoms with Gasteiger partial charge < -0.3 is 15.8 Å². The molecule has 1 amide bonds. The second-order valence-corrected chi connectivity index (χ2v) is 7.32. The van der Waals surface area contributed by atoms with E-state index in [1.807, 2.05) is 38.1 Å². The van der Waals surface area contributed by atoms with Gasteiger partial charge in [-0.1, -0.05) is 19.1 Å². The number of ether oxygens (including phenoxy) is 1. The van der Waals surface area contributed by atoms with Gasteiger partial charge in [-0.15, -0.1) is 16.4 Å². The van der Waals surface area contributed by atoms with E-state index in [9.17, 15) is 4.79 Å². The highest BCUT2D eigenvalue weighted by atomic mass is 32.1. The van der Waals surface area contributed by atoms with Gasteiger partial charge >= 0.3 is 0 Å². The number of methoxy groups -OCH3 is 1. The number of carbonyl (C=O) groups excluding carboxylic acids is 1. The Morgan fingerprint density at radius 3 is 2.62 bits per heavy atom. The molecule has 7 heteroatoms. The van der Waals surface area contributed by atoms with Crippen molar-refractivity contribution in [2.24, 2.45) is 0 Å². The summed E-state index contributed by atoms with van der Waals surface area (Å²) >= 11 is 1.28. The lowest BCUT2D eigenvalue weighted by molar-refractivity contribution is 0.0956. The second-order valence-electron chi connectivity index (χ2n) is 6.32. The van der Waals surface area contributed by atoms with E-state index >= 15 is 0 Å². The maximum atomic E-state index is 12.6. The van der Waals surface area contributed by atoms with E-state index in [-0.39, 0.29) is 11.8 Å². The number of anilines is 1. The fourth-order valence-corrected chi connectivity index (χ4v) is 3.80. The van der Waals surface area contributed by atoms with Crippen molar-refractivity contribution in [2.45, 2.75) is 26.7 Å². The van der Waals surface area contributed by atoms with Crippen molar-refractivity contribution < 1.29 is 9.53 Å². The molecule has 3 aromatic rings. The molecule has 0 radical (unpaired) electrons. The van der Waals surface area contributed by atoms with Crippen molar-refractivity contribution in [1.82, 2.24) is 15.5 Å². The Balaban J connectivity index is 1.74. The smallest absolute Gasteiger partial charge is 0.263 e. The molecule has 0 aliphatic rings.